The number of aromatic nitrogens is 1. The van der Waals surface area contributed by atoms with Gasteiger partial charge < -0.3 is 10.4 Å². The molecule has 1 aliphatic heterocycles. The molecule has 4 rings (SSSR count). The number of hydrogen-bond donors (Lipinski definition) is 2. The van der Waals surface area contributed by atoms with Gasteiger partial charge in [0.2, 0.25) is 0 Å². The average molecular weight is 409 g/mol. The number of nitrogens with zero attached hydrogens (tertiary/aromatic N) is 2. The molecule has 0 saturated carbocycles. The molecule has 154 valence electrons. The topological polar surface area (TPSA) is 65.5 Å². The van der Waals surface area contributed by atoms with Crippen molar-refractivity contribution in [1.82, 2.24) is 9.88 Å². The van der Waals surface area contributed by atoms with Crippen molar-refractivity contribution in [1.29, 1.82) is 0 Å². The lowest BCUT2D eigenvalue weighted by Crippen LogP contribution is -2.36. The van der Waals surface area contributed by atoms with Crippen molar-refractivity contribution in [3.8, 4) is 11.1 Å². The Morgan fingerprint density at radius 2 is 2.07 bits per heavy atom. The van der Waals surface area contributed by atoms with Gasteiger partial charge in [-0.3, -0.25) is 9.88 Å². The highest BCUT2D eigenvalue weighted by atomic mass is 19.1. The van der Waals surface area contributed by atoms with Crippen molar-refractivity contribution in [3.63, 3.8) is 0 Å². The highest BCUT2D eigenvalue weighted by Gasteiger charge is 2.25. The number of benzene rings is 2. The third-order valence-corrected chi connectivity index (χ3v) is 5.55. The van der Waals surface area contributed by atoms with Gasteiger partial charge in [0.25, 0.3) is 0 Å². The van der Waals surface area contributed by atoms with E-state index in [0.29, 0.717) is 23.4 Å². The van der Waals surface area contributed by atoms with Crippen LogP contribution in [0.4, 0.5) is 14.5 Å². The fourth-order valence-corrected chi connectivity index (χ4v) is 3.92. The van der Waals surface area contributed by atoms with Gasteiger partial charge in [0, 0.05) is 30.9 Å². The van der Waals surface area contributed by atoms with Gasteiger partial charge in [0.1, 0.15) is 11.6 Å². The molecule has 0 unspecified atom stereocenters. The normalized spacial score (nSPS) is 16.2. The molecule has 1 aliphatic rings. The second kappa shape index (κ2) is 8.20. The molecule has 1 atom stereocenters. The quantitative estimate of drug-likeness (QED) is 0.655. The Bertz CT molecular complexity index is 1100. The molecule has 1 aromatic heterocycles. The van der Waals surface area contributed by atoms with Gasteiger partial charge in [0.05, 0.1) is 23.5 Å². The Hall–Kier alpha value is -3.32. The van der Waals surface area contributed by atoms with Crippen LogP contribution >= 0.6 is 0 Å². The van der Waals surface area contributed by atoms with Crippen LogP contribution < -0.4 is 5.32 Å². The molecule has 0 radical (unpaired) electrons. The van der Waals surface area contributed by atoms with E-state index < -0.39 is 17.6 Å². The first-order valence-corrected chi connectivity index (χ1v) is 9.63. The predicted molar refractivity (Wildman–Crippen MR) is 111 cm³/mol. The molecule has 0 aliphatic carbocycles. The number of pyridine rings is 1. The second-order valence-corrected chi connectivity index (χ2v) is 7.39. The van der Waals surface area contributed by atoms with E-state index in [1.54, 1.807) is 0 Å². The van der Waals surface area contributed by atoms with E-state index in [-0.39, 0.29) is 11.6 Å². The number of carbonyl (C=O) groups is 1. The van der Waals surface area contributed by atoms with Crippen molar-refractivity contribution in [2.45, 2.75) is 12.5 Å². The maximum absolute atomic E-state index is 14.2. The van der Waals surface area contributed by atoms with E-state index in [1.807, 2.05) is 25.2 Å². The summed E-state index contributed by atoms with van der Waals surface area (Å²) in [6, 6.07) is 10.9. The third-order valence-electron chi connectivity index (χ3n) is 5.55. The summed E-state index contributed by atoms with van der Waals surface area (Å²) in [4.78, 5) is 17.6. The van der Waals surface area contributed by atoms with Gasteiger partial charge in [-0.05, 0) is 48.4 Å². The summed E-state index contributed by atoms with van der Waals surface area (Å²) in [5.41, 5.74) is 3.92. The lowest BCUT2D eigenvalue weighted by molar-refractivity contribution is 0.0697. The molecule has 2 N–H and O–H groups in total. The summed E-state index contributed by atoms with van der Waals surface area (Å²) in [7, 11) is 2.02. The van der Waals surface area contributed by atoms with Gasteiger partial charge >= 0.3 is 5.97 Å². The first-order chi connectivity index (χ1) is 14.4. The Kier molecular flexibility index (Phi) is 5.46. The van der Waals surface area contributed by atoms with Crippen LogP contribution in [0.25, 0.3) is 11.1 Å². The number of likely N-dealkylation sites (N-methyl/N-ethyl adjacent to an activating group) is 1. The number of anilines is 1. The zero-order valence-electron chi connectivity index (χ0n) is 16.4. The number of halogens is 2. The van der Waals surface area contributed by atoms with Crippen LogP contribution in [0.1, 0.15) is 27.5 Å². The second-order valence-electron chi connectivity index (χ2n) is 7.39. The Labute approximate surface area is 173 Å². The summed E-state index contributed by atoms with van der Waals surface area (Å²) in [6.07, 6.45) is 3.77. The first kappa shape index (κ1) is 20.0. The summed E-state index contributed by atoms with van der Waals surface area (Å²) < 4.78 is 27.4. The fourth-order valence-electron chi connectivity index (χ4n) is 3.92. The first-order valence-electron chi connectivity index (χ1n) is 9.63. The van der Waals surface area contributed by atoms with Gasteiger partial charge in [-0.15, -0.1) is 0 Å². The maximum Gasteiger partial charge on any atom is 0.337 e. The minimum absolute atomic E-state index is 0.0164. The number of fused-ring (bicyclic) bond motifs is 1. The molecule has 0 bridgehead atoms. The van der Waals surface area contributed by atoms with E-state index >= 15 is 0 Å². The highest BCUT2D eigenvalue weighted by molar-refractivity contribution is 5.93. The minimum Gasteiger partial charge on any atom is -0.478 e. The van der Waals surface area contributed by atoms with Gasteiger partial charge in [-0.2, -0.15) is 0 Å². The molecular formula is C23H21F2N3O2. The van der Waals surface area contributed by atoms with Crippen LogP contribution in [0.2, 0.25) is 0 Å². The van der Waals surface area contributed by atoms with Crippen LogP contribution in [0, 0.1) is 11.6 Å². The van der Waals surface area contributed by atoms with Crippen LogP contribution in [-0.4, -0.2) is 41.1 Å². The maximum atomic E-state index is 14.2. The third kappa shape index (κ3) is 3.89. The van der Waals surface area contributed by atoms with Gasteiger partial charge in [-0.1, -0.05) is 18.2 Å². The van der Waals surface area contributed by atoms with E-state index in [0.717, 1.165) is 30.2 Å². The molecule has 0 spiro atoms. The lowest BCUT2D eigenvalue weighted by Gasteiger charge is -2.35. The molecule has 5 nitrogen and oxygen atoms in total. The Morgan fingerprint density at radius 1 is 1.23 bits per heavy atom. The Balaban J connectivity index is 1.61. The van der Waals surface area contributed by atoms with E-state index in [1.165, 1.54) is 30.6 Å². The lowest BCUT2D eigenvalue weighted by atomic mass is 9.89. The Morgan fingerprint density at radius 3 is 2.83 bits per heavy atom. The molecule has 2 heterocycles. The number of carboxylic acids is 1. The van der Waals surface area contributed by atoms with Gasteiger partial charge in [0.15, 0.2) is 0 Å². The smallest absolute Gasteiger partial charge is 0.337 e. The van der Waals surface area contributed by atoms with Crippen LogP contribution in [-0.2, 0) is 6.42 Å². The summed E-state index contributed by atoms with van der Waals surface area (Å²) in [6.45, 7) is 1.31. The number of aromatic carboxylic acids is 1. The van der Waals surface area contributed by atoms with Crippen LogP contribution in [0.5, 0.6) is 0 Å². The van der Waals surface area contributed by atoms with E-state index in [2.05, 4.69) is 15.2 Å². The van der Waals surface area contributed by atoms with Crippen LogP contribution in [0.3, 0.4) is 0 Å². The minimum atomic E-state index is -1.01. The highest BCUT2D eigenvalue weighted by Crippen LogP contribution is 2.33. The monoisotopic (exact) mass is 409 g/mol. The van der Waals surface area contributed by atoms with E-state index in [4.69, 9.17) is 0 Å². The van der Waals surface area contributed by atoms with E-state index in [9.17, 15) is 18.7 Å². The van der Waals surface area contributed by atoms with Crippen molar-refractivity contribution < 1.29 is 18.7 Å². The number of rotatable bonds is 5. The summed E-state index contributed by atoms with van der Waals surface area (Å²) >= 11 is 0. The summed E-state index contributed by atoms with van der Waals surface area (Å²) in [5, 5.41) is 12.6. The largest absolute Gasteiger partial charge is 0.478 e. The molecule has 0 saturated heterocycles. The molecule has 7 heteroatoms. The fraction of sp³-hybridized carbons (Fsp3) is 0.217. The molecule has 0 fully saturated rings. The number of hydrogen-bond acceptors (Lipinski definition) is 4. The SMILES string of the molecule is CN1CCc2cc(-c3ccc(F)cc3F)ccc2[C@H]1CNc1cnccc1C(=O)O. The number of nitrogens with one attached hydrogen (secondary N) is 1. The van der Waals surface area contributed by atoms with Crippen molar-refractivity contribution >= 4 is 11.7 Å². The van der Waals surface area contributed by atoms with Crippen LogP contribution in [0.15, 0.2) is 54.9 Å². The molecular weight excluding hydrogens is 388 g/mol. The average Bonchev–Trinajstić information content (AvgIpc) is 2.73. The molecule has 0 amide bonds. The number of carboxylic acid groups (broad SMARTS) is 1. The zero-order valence-corrected chi connectivity index (χ0v) is 16.4. The predicted octanol–water partition coefficient (Wildman–Crippen LogP) is 4.37. The van der Waals surface area contributed by atoms with Crippen molar-refractivity contribution in [2.75, 3.05) is 25.5 Å². The zero-order chi connectivity index (χ0) is 21.3. The summed E-state index contributed by atoms with van der Waals surface area (Å²) in [5.74, 6) is -2.19. The van der Waals surface area contributed by atoms with Gasteiger partial charge in [-0.25, -0.2) is 13.6 Å². The van der Waals surface area contributed by atoms with Crippen molar-refractivity contribution in [3.05, 3.63) is 83.2 Å². The van der Waals surface area contributed by atoms with Crippen molar-refractivity contribution in [2.24, 2.45) is 0 Å². The standard InChI is InChI=1S/C23H21F2N3O2/c1-28-9-7-15-10-14(17-5-3-16(24)11-20(17)25)2-4-18(15)22(28)13-27-21-12-26-8-6-19(21)23(29)30/h2-6,8,10-12,22,27H,7,9,13H2,1H3,(H,29,30)/t22-/m1/s1. The molecule has 30 heavy (non-hydrogen) atoms. The molecule has 3 aromatic rings. The molecule has 2 aromatic carbocycles.